The highest BCUT2D eigenvalue weighted by Gasteiger charge is 2.23. The molecule has 0 radical (unpaired) electrons. The molecule has 0 spiro atoms. The van der Waals surface area contributed by atoms with Crippen LogP contribution in [0.25, 0.3) is 0 Å². The molecule has 118 valence electrons. The van der Waals surface area contributed by atoms with Gasteiger partial charge in [0.1, 0.15) is 12.4 Å². The van der Waals surface area contributed by atoms with Gasteiger partial charge in [0.15, 0.2) is 0 Å². The summed E-state index contributed by atoms with van der Waals surface area (Å²) in [6.07, 6.45) is 2.03. The van der Waals surface area contributed by atoms with Gasteiger partial charge in [-0.1, -0.05) is 35.6 Å². The molecule has 1 heterocycles. The fourth-order valence-corrected chi connectivity index (χ4v) is 2.64. The van der Waals surface area contributed by atoms with E-state index in [-0.39, 0.29) is 18.4 Å². The maximum atomic E-state index is 12.0. The number of hydrogen-bond acceptors (Lipinski definition) is 3. The number of amides is 1. The topological polar surface area (TPSA) is 41.6 Å². The number of para-hydroxylation sites is 1. The Kier molecular flexibility index (Phi) is 6.57. The van der Waals surface area contributed by atoms with E-state index in [1.165, 1.54) is 0 Å². The van der Waals surface area contributed by atoms with Crippen molar-refractivity contribution in [2.24, 2.45) is 5.92 Å². The van der Waals surface area contributed by atoms with Crippen molar-refractivity contribution in [3.63, 3.8) is 0 Å². The van der Waals surface area contributed by atoms with Gasteiger partial charge in [0.05, 0.1) is 17.5 Å². The van der Waals surface area contributed by atoms with Crippen molar-refractivity contribution in [2.75, 3.05) is 33.3 Å². The Morgan fingerprint density at radius 1 is 1.45 bits per heavy atom. The number of carbonyl (C=O) groups excluding carboxylic acids is 1. The predicted octanol–water partition coefficient (Wildman–Crippen LogP) is 2.18. The number of benzene rings is 1. The van der Waals surface area contributed by atoms with Gasteiger partial charge in [-0.25, -0.2) is 0 Å². The van der Waals surface area contributed by atoms with Crippen LogP contribution in [0.4, 0.5) is 0 Å². The number of nitrogens with zero attached hydrogens (tertiary/aromatic N) is 1. The van der Waals surface area contributed by atoms with Crippen LogP contribution in [0.3, 0.4) is 0 Å². The van der Waals surface area contributed by atoms with Crippen molar-refractivity contribution in [3.05, 3.63) is 29.3 Å². The highest BCUT2D eigenvalue weighted by atomic mass is 35.5. The number of nitrogens with one attached hydrogen (secondary N) is 1. The van der Waals surface area contributed by atoms with Crippen molar-refractivity contribution >= 4 is 17.5 Å². The minimum Gasteiger partial charge on any atom is -0.479 e. The summed E-state index contributed by atoms with van der Waals surface area (Å²) in [6.45, 7) is 2.51. The zero-order valence-corrected chi connectivity index (χ0v) is 13.5. The van der Waals surface area contributed by atoms with E-state index in [0.717, 1.165) is 25.9 Å². The number of piperidine rings is 1. The molecule has 1 aliphatic heterocycles. The van der Waals surface area contributed by atoms with E-state index in [9.17, 15) is 4.79 Å². The molecule has 1 N–H and O–H groups in total. The van der Waals surface area contributed by atoms with E-state index in [0.29, 0.717) is 17.3 Å². The molecular formula is C17H21ClN2O2. The Balaban J connectivity index is 1.66. The molecule has 0 aliphatic carbocycles. The number of likely N-dealkylation sites (tertiary alicyclic amines) is 1. The molecule has 5 heteroatoms. The maximum Gasteiger partial charge on any atom is 0.225 e. The Morgan fingerprint density at radius 2 is 2.27 bits per heavy atom. The third-order valence-electron chi connectivity index (χ3n) is 3.61. The molecule has 2 rings (SSSR count). The molecule has 1 saturated heterocycles. The number of ether oxygens (including phenoxy) is 1. The van der Waals surface area contributed by atoms with Gasteiger partial charge in [-0.15, -0.1) is 0 Å². The standard InChI is InChI=1S/C17H21ClN2O2/c1-20-11-6-7-14(13-20)17(21)19-10-4-5-12-22-16-9-3-2-8-15(16)18/h2-3,8-9,14H,6-7,10-13H2,1H3,(H,19,21). The summed E-state index contributed by atoms with van der Waals surface area (Å²) in [4.78, 5) is 14.2. The smallest absolute Gasteiger partial charge is 0.225 e. The molecule has 0 aromatic heterocycles. The minimum absolute atomic E-state index is 0.0833. The van der Waals surface area contributed by atoms with Crippen LogP contribution in [0.15, 0.2) is 24.3 Å². The number of carbonyl (C=O) groups is 1. The lowest BCUT2D eigenvalue weighted by Crippen LogP contribution is -2.41. The van der Waals surface area contributed by atoms with E-state index in [1.807, 2.05) is 19.2 Å². The molecule has 0 bridgehead atoms. The first-order valence-electron chi connectivity index (χ1n) is 7.46. The Hall–Kier alpha value is -1.70. The fraction of sp³-hybridized carbons (Fsp3) is 0.471. The van der Waals surface area contributed by atoms with Gasteiger partial charge in [-0.05, 0) is 38.6 Å². The predicted molar refractivity (Wildman–Crippen MR) is 88.0 cm³/mol. The number of hydrogen-bond donors (Lipinski definition) is 1. The Bertz CT molecular complexity index is 565. The van der Waals surface area contributed by atoms with Crippen molar-refractivity contribution in [2.45, 2.75) is 12.8 Å². The quantitative estimate of drug-likeness (QED) is 0.865. The lowest BCUT2D eigenvalue weighted by Gasteiger charge is -2.28. The monoisotopic (exact) mass is 320 g/mol. The van der Waals surface area contributed by atoms with Crippen molar-refractivity contribution in [1.82, 2.24) is 10.2 Å². The summed E-state index contributed by atoms with van der Waals surface area (Å²) in [5.41, 5.74) is 0. The Morgan fingerprint density at radius 3 is 3.05 bits per heavy atom. The van der Waals surface area contributed by atoms with Crippen LogP contribution in [0.1, 0.15) is 12.8 Å². The first-order valence-corrected chi connectivity index (χ1v) is 7.84. The fourth-order valence-electron chi connectivity index (χ4n) is 2.45. The summed E-state index contributed by atoms with van der Waals surface area (Å²) < 4.78 is 5.45. The van der Waals surface area contributed by atoms with E-state index in [4.69, 9.17) is 16.3 Å². The van der Waals surface area contributed by atoms with Gasteiger partial charge in [0.25, 0.3) is 0 Å². The van der Waals surface area contributed by atoms with Gasteiger partial charge in [-0.2, -0.15) is 0 Å². The summed E-state index contributed by atoms with van der Waals surface area (Å²) >= 11 is 5.97. The second-order valence-corrected chi connectivity index (χ2v) is 5.80. The second kappa shape index (κ2) is 8.67. The van der Waals surface area contributed by atoms with Crippen molar-refractivity contribution in [1.29, 1.82) is 0 Å². The van der Waals surface area contributed by atoms with Gasteiger partial charge >= 0.3 is 0 Å². The Labute approximate surface area is 136 Å². The highest BCUT2D eigenvalue weighted by Crippen LogP contribution is 2.22. The lowest BCUT2D eigenvalue weighted by atomic mass is 9.98. The van der Waals surface area contributed by atoms with E-state index >= 15 is 0 Å². The molecule has 0 saturated carbocycles. The summed E-state index contributed by atoms with van der Waals surface area (Å²) in [5, 5.41) is 3.43. The SMILES string of the molecule is CN1CCCC(C(=O)NCC#CCOc2ccccc2Cl)C1. The van der Waals surface area contributed by atoms with Crippen molar-refractivity contribution in [3.8, 4) is 17.6 Å². The summed E-state index contributed by atoms with van der Waals surface area (Å²) in [7, 11) is 2.05. The molecule has 1 aromatic carbocycles. The molecule has 1 fully saturated rings. The van der Waals surface area contributed by atoms with Crippen LogP contribution in [0.5, 0.6) is 5.75 Å². The molecule has 4 nitrogen and oxygen atoms in total. The van der Waals surface area contributed by atoms with Gasteiger partial charge < -0.3 is 15.0 Å². The van der Waals surface area contributed by atoms with Crippen LogP contribution in [-0.4, -0.2) is 44.1 Å². The third kappa shape index (κ3) is 5.25. The van der Waals surface area contributed by atoms with Crippen LogP contribution < -0.4 is 10.1 Å². The second-order valence-electron chi connectivity index (χ2n) is 5.39. The van der Waals surface area contributed by atoms with Gasteiger partial charge in [-0.3, -0.25) is 4.79 Å². The number of rotatable bonds is 4. The molecule has 22 heavy (non-hydrogen) atoms. The van der Waals surface area contributed by atoms with Gasteiger partial charge in [0.2, 0.25) is 5.91 Å². The van der Waals surface area contributed by atoms with Gasteiger partial charge in [0, 0.05) is 6.54 Å². The molecule has 1 atom stereocenters. The van der Waals surface area contributed by atoms with Crippen molar-refractivity contribution < 1.29 is 9.53 Å². The average Bonchev–Trinajstić information content (AvgIpc) is 2.52. The molecule has 1 aromatic rings. The minimum atomic E-state index is 0.0833. The van der Waals surface area contributed by atoms with Crippen LogP contribution in [0, 0.1) is 17.8 Å². The van der Waals surface area contributed by atoms with E-state index < -0.39 is 0 Å². The first-order chi connectivity index (χ1) is 10.7. The zero-order chi connectivity index (χ0) is 15.8. The molecule has 1 unspecified atom stereocenters. The lowest BCUT2D eigenvalue weighted by molar-refractivity contribution is -0.126. The van der Waals surface area contributed by atoms with Crippen LogP contribution >= 0.6 is 11.6 Å². The van der Waals surface area contributed by atoms with E-state index in [1.54, 1.807) is 12.1 Å². The van der Waals surface area contributed by atoms with E-state index in [2.05, 4.69) is 22.1 Å². The largest absolute Gasteiger partial charge is 0.479 e. The zero-order valence-electron chi connectivity index (χ0n) is 12.8. The maximum absolute atomic E-state index is 12.0. The van der Waals surface area contributed by atoms with Crippen LogP contribution in [0.2, 0.25) is 5.02 Å². The first kappa shape index (κ1) is 16.7. The average molecular weight is 321 g/mol. The summed E-state index contributed by atoms with van der Waals surface area (Å²) in [6, 6.07) is 7.27. The molecule has 1 amide bonds. The normalized spacial score (nSPS) is 18.2. The third-order valence-corrected chi connectivity index (χ3v) is 3.92. The molecule has 1 aliphatic rings. The number of halogens is 1. The molecular weight excluding hydrogens is 300 g/mol. The highest BCUT2D eigenvalue weighted by molar-refractivity contribution is 6.32. The van der Waals surface area contributed by atoms with Crippen LogP contribution in [-0.2, 0) is 4.79 Å². The summed E-state index contributed by atoms with van der Waals surface area (Å²) in [5.74, 6) is 6.56.